The first-order valence-corrected chi connectivity index (χ1v) is 10.7. The first-order valence-electron chi connectivity index (χ1n) is 10.7. The molecule has 1 aromatic heterocycles. The second-order valence-corrected chi connectivity index (χ2v) is 7.40. The van der Waals surface area contributed by atoms with Gasteiger partial charge in [0, 0.05) is 49.6 Å². The van der Waals surface area contributed by atoms with E-state index in [1.165, 1.54) is 0 Å². The van der Waals surface area contributed by atoms with Crippen LogP contribution >= 0.6 is 0 Å². The number of aryl methyl sites for hydroxylation is 2. The summed E-state index contributed by atoms with van der Waals surface area (Å²) in [6, 6.07) is 6.22. The first-order chi connectivity index (χ1) is 15.0. The van der Waals surface area contributed by atoms with Crippen molar-refractivity contribution in [3.63, 3.8) is 0 Å². The van der Waals surface area contributed by atoms with Gasteiger partial charge in [-0.3, -0.25) is 4.98 Å². The van der Waals surface area contributed by atoms with Crippen LogP contribution in [0.1, 0.15) is 41.3 Å². The van der Waals surface area contributed by atoms with Crippen LogP contribution in [-0.4, -0.2) is 44.9 Å². The molecule has 0 aliphatic rings. The summed E-state index contributed by atoms with van der Waals surface area (Å²) < 4.78 is 16.6. The SMILES string of the molecule is CCNC(=NCc1ccc(C)cc1OCCCOC)NCc1ncc(C)c(OC)c1C. The lowest BCUT2D eigenvalue weighted by Crippen LogP contribution is -2.37. The third kappa shape index (κ3) is 7.43. The zero-order chi connectivity index (χ0) is 22.6. The molecule has 0 saturated carbocycles. The third-order valence-corrected chi connectivity index (χ3v) is 4.90. The van der Waals surface area contributed by atoms with Gasteiger partial charge in [0.05, 0.1) is 32.5 Å². The molecule has 0 atom stereocenters. The maximum Gasteiger partial charge on any atom is 0.191 e. The normalized spacial score (nSPS) is 11.4. The number of nitrogens with zero attached hydrogens (tertiary/aromatic N) is 2. The number of nitrogens with one attached hydrogen (secondary N) is 2. The van der Waals surface area contributed by atoms with Crippen LogP contribution in [0.4, 0.5) is 0 Å². The second kappa shape index (κ2) is 12.8. The van der Waals surface area contributed by atoms with Crippen molar-refractivity contribution < 1.29 is 14.2 Å². The summed E-state index contributed by atoms with van der Waals surface area (Å²) in [5.74, 6) is 2.48. The highest BCUT2D eigenvalue weighted by Gasteiger charge is 2.10. The van der Waals surface area contributed by atoms with Crippen LogP contribution < -0.4 is 20.1 Å². The van der Waals surface area contributed by atoms with Crippen molar-refractivity contribution in [3.05, 3.63) is 52.3 Å². The van der Waals surface area contributed by atoms with Gasteiger partial charge >= 0.3 is 0 Å². The summed E-state index contributed by atoms with van der Waals surface area (Å²) in [5.41, 5.74) is 5.21. The lowest BCUT2D eigenvalue weighted by molar-refractivity contribution is 0.172. The van der Waals surface area contributed by atoms with E-state index in [0.29, 0.717) is 26.3 Å². The molecule has 170 valence electrons. The average Bonchev–Trinajstić information content (AvgIpc) is 2.75. The van der Waals surface area contributed by atoms with Gasteiger partial charge in [-0.25, -0.2) is 4.99 Å². The molecule has 0 spiro atoms. The maximum atomic E-state index is 5.98. The number of hydrogen-bond donors (Lipinski definition) is 2. The van der Waals surface area contributed by atoms with Crippen molar-refractivity contribution in [2.24, 2.45) is 4.99 Å². The van der Waals surface area contributed by atoms with Gasteiger partial charge in [-0.15, -0.1) is 0 Å². The summed E-state index contributed by atoms with van der Waals surface area (Å²) in [7, 11) is 3.39. The first kappa shape index (κ1) is 24.5. The Kier molecular flexibility index (Phi) is 10.1. The van der Waals surface area contributed by atoms with Gasteiger partial charge < -0.3 is 24.8 Å². The Morgan fingerprint density at radius 3 is 2.61 bits per heavy atom. The molecule has 1 heterocycles. The molecule has 2 aromatic rings. The monoisotopic (exact) mass is 428 g/mol. The predicted octanol–water partition coefficient (Wildman–Crippen LogP) is 3.69. The Morgan fingerprint density at radius 2 is 1.90 bits per heavy atom. The number of aliphatic imine (C=N–C) groups is 1. The predicted molar refractivity (Wildman–Crippen MR) is 125 cm³/mol. The van der Waals surface area contributed by atoms with Crippen molar-refractivity contribution in [1.29, 1.82) is 0 Å². The van der Waals surface area contributed by atoms with Gasteiger partial charge in [0.1, 0.15) is 11.5 Å². The average molecular weight is 429 g/mol. The minimum atomic E-state index is 0.513. The van der Waals surface area contributed by atoms with Crippen LogP contribution in [0.5, 0.6) is 11.5 Å². The molecule has 7 nitrogen and oxygen atoms in total. The fraction of sp³-hybridized carbons (Fsp3) is 0.500. The molecule has 0 aliphatic heterocycles. The van der Waals surface area contributed by atoms with Gasteiger partial charge in [-0.2, -0.15) is 0 Å². The molecule has 0 radical (unpaired) electrons. The molecule has 0 fully saturated rings. The van der Waals surface area contributed by atoms with Crippen LogP contribution in [0.25, 0.3) is 0 Å². The number of pyridine rings is 1. The van der Waals surface area contributed by atoms with E-state index in [-0.39, 0.29) is 0 Å². The standard InChI is InChI=1S/C24H36N4O3/c1-7-25-24(28-16-21-19(4)23(30-6)18(3)14-26-21)27-15-20-10-9-17(2)13-22(20)31-12-8-11-29-5/h9-10,13-14H,7-8,11-12,15-16H2,1-6H3,(H2,25,27,28). The lowest BCUT2D eigenvalue weighted by Gasteiger charge is -2.15. The Hall–Kier alpha value is -2.80. The van der Waals surface area contributed by atoms with Gasteiger partial charge in [0.25, 0.3) is 0 Å². The topological polar surface area (TPSA) is 77.0 Å². The van der Waals surface area contributed by atoms with Crippen molar-refractivity contribution in [1.82, 2.24) is 15.6 Å². The fourth-order valence-electron chi connectivity index (χ4n) is 3.23. The van der Waals surface area contributed by atoms with E-state index < -0.39 is 0 Å². The molecule has 2 rings (SSSR count). The molecule has 0 saturated heterocycles. The quantitative estimate of drug-likeness (QED) is 0.323. The molecule has 1 aromatic carbocycles. The van der Waals surface area contributed by atoms with Crippen molar-refractivity contribution in [2.75, 3.05) is 34.0 Å². The van der Waals surface area contributed by atoms with Crippen molar-refractivity contribution in [2.45, 2.75) is 47.2 Å². The van der Waals surface area contributed by atoms with Crippen LogP contribution in [0.3, 0.4) is 0 Å². The number of aromatic nitrogens is 1. The van der Waals surface area contributed by atoms with Crippen LogP contribution in [-0.2, 0) is 17.8 Å². The highest BCUT2D eigenvalue weighted by molar-refractivity contribution is 5.79. The summed E-state index contributed by atoms with van der Waals surface area (Å²) in [6.45, 7) is 11.3. The van der Waals surface area contributed by atoms with Gasteiger partial charge in [-0.1, -0.05) is 12.1 Å². The summed E-state index contributed by atoms with van der Waals surface area (Å²) >= 11 is 0. The minimum absolute atomic E-state index is 0.513. The van der Waals surface area contributed by atoms with Crippen molar-refractivity contribution >= 4 is 5.96 Å². The van der Waals surface area contributed by atoms with E-state index in [1.807, 2.05) is 27.0 Å². The fourth-order valence-corrected chi connectivity index (χ4v) is 3.23. The zero-order valence-corrected chi connectivity index (χ0v) is 19.7. The van der Waals surface area contributed by atoms with Crippen LogP contribution in [0.15, 0.2) is 29.4 Å². The summed E-state index contributed by atoms with van der Waals surface area (Å²) in [5, 5.41) is 6.67. The molecular formula is C24H36N4O3. The maximum absolute atomic E-state index is 5.98. The number of guanidine groups is 1. The summed E-state index contributed by atoms with van der Waals surface area (Å²) in [6.07, 6.45) is 2.69. The van der Waals surface area contributed by atoms with E-state index in [2.05, 4.69) is 40.7 Å². The second-order valence-electron chi connectivity index (χ2n) is 7.40. The third-order valence-electron chi connectivity index (χ3n) is 4.90. The number of rotatable bonds is 11. The Bertz CT molecular complexity index is 868. The molecular weight excluding hydrogens is 392 g/mol. The van der Waals surface area contributed by atoms with Crippen LogP contribution in [0, 0.1) is 20.8 Å². The lowest BCUT2D eigenvalue weighted by atomic mass is 10.1. The number of methoxy groups -OCH3 is 2. The molecule has 2 N–H and O–H groups in total. The number of benzene rings is 1. The largest absolute Gasteiger partial charge is 0.496 e. The van der Waals surface area contributed by atoms with Gasteiger partial charge in [-0.05, 0) is 39.3 Å². The Balaban J connectivity index is 2.09. The number of hydrogen-bond acceptors (Lipinski definition) is 5. The Labute approximate surface area is 186 Å². The van der Waals surface area contributed by atoms with E-state index in [1.54, 1.807) is 14.2 Å². The van der Waals surface area contributed by atoms with Crippen LogP contribution in [0.2, 0.25) is 0 Å². The number of ether oxygens (including phenoxy) is 3. The minimum Gasteiger partial charge on any atom is -0.496 e. The summed E-state index contributed by atoms with van der Waals surface area (Å²) in [4.78, 5) is 9.31. The zero-order valence-electron chi connectivity index (χ0n) is 19.7. The van der Waals surface area contributed by atoms with Gasteiger partial charge in [0.2, 0.25) is 0 Å². The van der Waals surface area contributed by atoms with Crippen molar-refractivity contribution in [3.8, 4) is 11.5 Å². The molecule has 7 heteroatoms. The molecule has 0 unspecified atom stereocenters. The highest BCUT2D eigenvalue weighted by atomic mass is 16.5. The van der Waals surface area contributed by atoms with Gasteiger partial charge in [0.15, 0.2) is 5.96 Å². The molecule has 31 heavy (non-hydrogen) atoms. The van der Waals surface area contributed by atoms with E-state index in [9.17, 15) is 0 Å². The van der Waals surface area contributed by atoms with E-state index in [0.717, 1.165) is 58.4 Å². The molecule has 0 bridgehead atoms. The molecule has 0 amide bonds. The van der Waals surface area contributed by atoms with E-state index >= 15 is 0 Å². The molecule has 0 aliphatic carbocycles. The highest BCUT2D eigenvalue weighted by Crippen LogP contribution is 2.24. The smallest absolute Gasteiger partial charge is 0.191 e. The van der Waals surface area contributed by atoms with E-state index in [4.69, 9.17) is 19.2 Å². The Morgan fingerprint density at radius 1 is 1.10 bits per heavy atom.